The Morgan fingerprint density at radius 2 is 2.29 bits per heavy atom. The number of hydrogen-bond acceptors (Lipinski definition) is 4. The number of rotatable bonds is 1. The van der Waals surface area contributed by atoms with Crippen LogP contribution in [-0.2, 0) is 0 Å². The van der Waals surface area contributed by atoms with Crippen LogP contribution in [0.2, 0.25) is 0 Å². The molecule has 1 aliphatic carbocycles. The first kappa shape index (κ1) is 10.1. The molecule has 0 amide bonds. The molecule has 5 heteroatoms. The number of aliphatic hydroxyl groups is 1. The van der Waals surface area contributed by atoms with Gasteiger partial charge in [0.1, 0.15) is 5.76 Å². The maximum absolute atomic E-state index is 11.2. The van der Waals surface area contributed by atoms with Crippen molar-refractivity contribution in [3.63, 3.8) is 0 Å². The van der Waals surface area contributed by atoms with Crippen LogP contribution in [0.5, 0.6) is 0 Å². The van der Waals surface area contributed by atoms with Crippen molar-refractivity contribution >= 4 is 11.4 Å². The first-order valence-electron chi connectivity index (χ1n) is 5.56. The highest BCUT2D eigenvalue weighted by atomic mass is 16.6. The van der Waals surface area contributed by atoms with E-state index in [1.807, 2.05) is 6.07 Å². The lowest BCUT2D eigenvalue weighted by Crippen LogP contribution is -1.99. The van der Waals surface area contributed by atoms with Crippen LogP contribution in [-0.4, -0.2) is 10.0 Å². The van der Waals surface area contributed by atoms with Crippen LogP contribution in [0.4, 0.5) is 11.4 Å². The van der Waals surface area contributed by atoms with Gasteiger partial charge >= 0.3 is 0 Å². The zero-order valence-electron chi connectivity index (χ0n) is 9.36. The Bertz CT molecular complexity index is 563. The molecule has 0 fully saturated rings. The normalized spacial score (nSPS) is 21.1. The molecular formula is C12H12N2O3. The van der Waals surface area contributed by atoms with E-state index in [4.69, 9.17) is 0 Å². The molecule has 88 valence electrons. The molecule has 1 aromatic carbocycles. The summed E-state index contributed by atoms with van der Waals surface area (Å²) >= 11 is 0. The van der Waals surface area contributed by atoms with E-state index in [1.165, 1.54) is 0 Å². The largest absolute Gasteiger partial charge is 0.510 e. The molecule has 1 unspecified atom stereocenters. The molecule has 5 nitrogen and oxygen atoms in total. The summed E-state index contributed by atoms with van der Waals surface area (Å²) in [7, 11) is 0. The summed E-state index contributed by atoms with van der Waals surface area (Å²) in [6.07, 6.45) is 1.34. The minimum atomic E-state index is -0.325. The summed E-state index contributed by atoms with van der Waals surface area (Å²) < 4.78 is 0. The quantitative estimate of drug-likeness (QED) is 0.576. The highest BCUT2D eigenvalue weighted by Gasteiger charge is 2.40. The zero-order valence-corrected chi connectivity index (χ0v) is 9.36. The van der Waals surface area contributed by atoms with Crippen LogP contribution in [0.1, 0.15) is 29.9 Å². The Hall–Kier alpha value is -2.04. The van der Waals surface area contributed by atoms with Crippen molar-refractivity contribution in [3.05, 3.63) is 44.8 Å². The molecule has 0 saturated heterocycles. The van der Waals surface area contributed by atoms with Crippen LogP contribution in [0.25, 0.3) is 0 Å². The van der Waals surface area contributed by atoms with Crippen LogP contribution >= 0.6 is 0 Å². The van der Waals surface area contributed by atoms with E-state index >= 15 is 0 Å². The van der Waals surface area contributed by atoms with E-state index in [1.54, 1.807) is 13.0 Å². The third kappa shape index (κ3) is 1.25. The fourth-order valence-corrected chi connectivity index (χ4v) is 2.78. The van der Waals surface area contributed by atoms with Crippen LogP contribution in [0.3, 0.4) is 0 Å². The van der Waals surface area contributed by atoms with Crippen LogP contribution < -0.4 is 5.32 Å². The third-order valence-electron chi connectivity index (χ3n) is 3.55. The van der Waals surface area contributed by atoms with Gasteiger partial charge in [-0.05, 0) is 19.4 Å². The van der Waals surface area contributed by atoms with Gasteiger partial charge < -0.3 is 10.4 Å². The highest BCUT2D eigenvalue weighted by Crippen LogP contribution is 2.51. The van der Waals surface area contributed by atoms with E-state index in [0.717, 1.165) is 23.4 Å². The maximum atomic E-state index is 11.2. The van der Waals surface area contributed by atoms with E-state index in [0.29, 0.717) is 17.7 Å². The van der Waals surface area contributed by atoms with Crippen LogP contribution in [0.15, 0.2) is 23.6 Å². The molecule has 2 aliphatic rings. The molecule has 1 aliphatic heterocycles. The number of allylic oxidation sites excluding steroid dienone is 2. The minimum Gasteiger partial charge on any atom is -0.510 e. The van der Waals surface area contributed by atoms with Gasteiger partial charge in [0.25, 0.3) is 5.69 Å². The fourth-order valence-electron chi connectivity index (χ4n) is 2.78. The first-order chi connectivity index (χ1) is 8.09. The Labute approximate surface area is 97.9 Å². The van der Waals surface area contributed by atoms with Crippen molar-refractivity contribution in [3.8, 4) is 0 Å². The van der Waals surface area contributed by atoms with E-state index in [2.05, 4.69) is 5.32 Å². The number of hydrogen-bond donors (Lipinski definition) is 2. The molecule has 0 radical (unpaired) electrons. The standard InChI is InChI=1S/C12H12N2O3/c1-6-2-4-8-10(12(6)14(16)17)7-3-5-9(15)11(7)13-8/h2,4,7,13,15H,3,5H2,1H3. The molecular weight excluding hydrogens is 220 g/mol. The Morgan fingerprint density at radius 1 is 1.53 bits per heavy atom. The molecule has 3 rings (SSSR count). The predicted molar refractivity (Wildman–Crippen MR) is 63.1 cm³/mol. The van der Waals surface area contributed by atoms with E-state index in [9.17, 15) is 15.2 Å². The summed E-state index contributed by atoms with van der Waals surface area (Å²) in [5.41, 5.74) is 3.09. The molecule has 0 aromatic heterocycles. The van der Waals surface area contributed by atoms with Crippen molar-refractivity contribution < 1.29 is 10.0 Å². The lowest BCUT2D eigenvalue weighted by Gasteiger charge is -2.07. The molecule has 0 saturated carbocycles. The number of benzene rings is 1. The highest BCUT2D eigenvalue weighted by molar-refractivity contribution is 5.74. The molecule has 17 heavy (non-hydrogen) atoms. The van der Waals surface area contributed by atoms with Crippen molar-refractivity contribution in [1.29, 1.82) is 0 Å². The number of nitrogens with zero attached hydrogens (tertiary/aromatic N) is 1. The summed E-state index contributed by atoms with van der Waals surface area (Å²) in [5, 5.41) is 24.0. The SMILES string of the molecule is Cc1ccc2c(c1[N+](=O)[O-])C1CCC(O)=C1N2. The van der Waals surface area contributed by atoms with Crippen LogP contribution in [0, 0.1) is 17.0 Å². The van der Waals surface area contributed by atoms with Gasteiger partial charge in [0.2, 0.25) is 0 Å². The Balaban J connectivity index is 2.25. The van der Waals surface area contributed by atoms with Gasteiger partial charge in [-0.15, -0.1) is 0 Å². The van der Waals surface area contributed by atoms with E-state index < -0.39 is 0 Å². The molecule has 1 aromatic rings. The van der Waals surface area contributed by atoms with Gasteiger partial charge in [-0.1, -0.05) is 6.07 Å². The minimum absolute atomic E-state index is 0.0368. The number of fused-ring (bicyclic) bond motifs is 3. The second kappa shape index (κ2) is 3.23. The number of aliphatic hydroxyl groups excluding tert-OH is 1. The van der Waals surface area contributed by atoms with E-state index in [-0.39, 0.29) is 16.5 Å². The third-order valence-corrected chi connectivity index (χ3v) is 3.55. The van der Waals surface area contributed by atoms with Crippen molar-refractivity contribution in [2.24, 2.45) is 0 Å². The average molecular weight is 232 g/mol. The molecule has 0 spiro atoms. The number of anilines is 1. The van der Waals surface area contributed by atoms with Gasteiger partial charge in [0.15, 0.2) is 0 Å². The van der Waals surface area contributed by atoms with Gasteiger partial charge in [-0.2, -0.15) is 0 Å². The smallest absolute Gasteiger partial charge is 0.278 e. The monoisotopic (exact) mass is 232 g/mol. The number of nitro benzene ring substituents is 1. The number of aryl methyl sites for hydroxylation is 1. The summed E-state index contributed by atoms with van der Waals surface area (Å²) in [4.78, 5) is 10.8. The van der Waals surface area contributed by atoms with Gasteiger partial charge in [-0.25, -0.2) is 0 Å². The molecule has 1 atom stereocenters. The number of nitrogens with one attached hydrogen (secondary N) is 1. The maximum Gasteiger partial charge on any atom is 0.278 e. The summed E-state index contributed by atoms with van der Waals surface area (Å²) in [5.74, 6) is 0.295. The van der Waals surface area contributed by atoms with Gasteiger partial charge in [0, 0.05) is 23.6 Å². The molecule has 2 N–H and O–H groups in total. The second-order valence-electron chi connectivity index (χ2n) is 4.53. The topological polar surface area (TPSA) is 75.4 Å². The lowest BCUT2D eigenvalue weighted by molar-refractivity contribution is -0.386. The first-order valence-corrected chi connectivity index (χ1v) is 5.56. The predicted octanol–water partition coefficient (Wildman–Crippen LogP) is 2.98. The summed E-state index contributed by atoms with van der Waals surface area (Å²) in [6, 6.07) is 3.58. The zero-order chi connectivity index (χ0) is 12.2. The van der Waals surface area contributed by atoms with Crippen molar-refractivity contribution in [2.75, 3.05) is 5.32 Å². The fraction of sp³-hybridized carbons (Fsp3) is 0.333. The van der Waals surface area contributed by atoms with Crippen molar-refractivity contribution in [1.82, 2.24) is 0 Å². The Kier molecular flexibility index (Phi) is 1.92. The van der Waals surface area contributed by atoms with Gasteiger partial charge in [0.05, 0.1) is 16.2 Å². The summed E-state index contributed by atoms with van der Waals surface area (Å²) in [6.45, 7) is 1.74. The average Bonchev–Trinajstić information content (AvgIpc) is 2.79. The second-order valence-corrected chi connectivity index (χ2v) is 4.53. The van der Waals surface area contributed by atoms with Crippen molar-refractivity contribution in [2.45, 2.75) is 25.7 Å². The molecule has 1 heterocycles. The lowest BCUT2D eigenvalue weighted by atomic mass is 9.95. The molecule has 0 bridgehead atoms. The van der Waals surface area contributed by atoms with Gasteiger partial charge in [-0.3, -0.25) is 10.1 Å². The number of nitro groups is 1. The Morgan fingerprint density at radius 3 is 3.00 bits per heavy atom.